The Kier molecular flexibility index (Phi) is 13.8. The molecule has 5 aliphatic rings. The molecule has 316 valence electrons. The van der Waals surface area contributed by atoms with Gasteiger partial charge >= 0.3 is 17.9 Å². The van der Waals surface area contributed by atoms with Gasteiger partial charge < -0.3 is 47.7 Å². The third kappa shape index (κ3) is 8.64. The normalized spacial score (nSPS) is 44.9. The lowest BCUT2D eigenvalue weighted by Crippen LogP contribution is -2.57. The van der Waals surface area contributed by atoms with E-state index in [-0.39, 0.29) is 84.9 Å². The summed E-state index contributed by atoms with van der Waals surface area (Å²) in [6.45, 7) is 18.0. The molecular weight excluding hydrogens is 712 g/mol. The summed E-state index contributed by atoms with van der Waals surface area (Å²) in [6.07, 6.45) is 4.04. The largest absolute Gasteiger partial charge is 0.481 e. The summed E-state index contributed by atoms with van der Waals surface area (Å²) in [5.41, 5.74) is -1.20. The van der Waals surface area contributed by atoms with Crippen LogP contribution in [0, 0.1) is 41.4 Å². The maximum atomic E-state index is 12.6. The molecule has 5 heterocycles. The summed E-state index contributed by atoms with van der Waals surface area (Å²) in [7, 11) is 4.55. The zero-order valence-corrected chi connectivity index (χ0v) is 35.4. The summed E-state index contributed by atoms with van der Waals surface area (Å²) in [5, 5.41) is 9.95. The van der Waals surface area contributed by atoms with Crippen molar-refractivity contribution in [3.05, 3.63) is 0 Å². The smallest absolute Gasteiger partial charge is 0.311 e. The predicted molar refractivity (Wildman–Crippen MR) is 201 cm³/mol. The van der Waals surface area contributed by atoms with Crippen LogP contribution in [0.1, 0.15) is 120 Å². The lowest BCUT2D eigenvalue weighted by molar-refractivity contribution is -0.335. The summed E-state index contributed by atoms with van der Waals surface area (Å²) >= 11 is 0. The Bertz CT molecular complexity index is 1360. The van der Waals surface area contributed by atoms with Crippen LogP contribution in [-0.4, -0.2) is 110 Å². The number of ether oxygens (including phenoxy) is 9. The Balaban J connectivity index is 1.32. The SMILES string of the molecule is CC[C@]1([C@@H]2O[C@@H]([C@H]3O[C@](COC(C)=O)(OC)[C@H](C)C[C@@H]3C)C[C@@H]2C)CC[C@H]([C@@]2(C)CC[C@]3(C[C@H](CC(=O)O)[C@@H](C)[C@@H]([C@@H](C)[C@@H](OC)[C@H](C)C(=O)OC)O3)O2)O1. The molecule has 0 saturated carbocycles. The molecule has 17 atom stereocenters. The maximum absolute atomic E-state index is 12.6. The molecule has 0 aliphatic carbocycles. The van der Waals surface area contributed by atoms with E-state index in [9.17, 15) is 19.5 Å². The molecule has 0 amide bonds. The van der Waals surface area contributed by atoms with E-state index in [4.69, 9.17) is 42.6 Å². The molecule has 0 aromatic heterocycles. The van der Waals surface area contributed by atoms with Crippen molar-refractivity contribution in [1.29, 1.82) is 0 Å². The Morgan fingerprint density at radius 1 is 0.945 bits per heavy atom. The van der Waals surface area contributed by atoms with E-state index >= 15 is 0 Å². The molecule has 0 aromatic carbocycles. The first kappa shape index (κ1) is 44.2. The Morgan fingerprint density at radius 2 is 1.65 bits per heavy atom. The van der Waals surface area contributed by atoms with Gasteiger partial charge in [-0.1, -0.05) is 41.5 Å². The summed E-state index contributed by atoms with van der Waals surface area (Å²) < 4.78 is 57.3. The van der Waals surface area contributed by atoms with Gasteiger partial charge in [0.1, 0.15) is 6.61 Å². The van der Waals surface area contributed by atoms with Crippen molar-refractivity contribution in [3.63, 3.8) is 0 Å². The highest BCUT2D eigenvalue weighted by Crippen LogP contribution is 2.56. The van der Waals surface area contributed by atoms with Crippen LogP contribution in [-0.2, 0) is 57.0 Å². The number of rotatable bonds is 14. The number of carboxylic acid groups (broad SMARTS) is 1. The molecule has 0 radical (unpaired) electrons. The average Bonchev–Trinajstić information content (AvgIpc) is 3.85. The highest BCUT2D eigenvalue weighted by atomic mass is 16.7. The van der Waals surface area contributed by atoms with Gasteiger partial charge in [-0.15, -0.1) is 0 Å². The fraction of sp³-hybridized carbons (Fsp3) is 0.929. The van der Waals surface area contributed by atoms with E-state index < -0.39 is 46.9 Å². The standard InChI is InChI=1S/C42H70O13/c1-13-40(37-24(3)19-31(51-37)34-23(2)18-25(4)42(49-12,54-34)22-50-29(8)43)15-14-32(52-40)39(9)16-17-41(55-39)21-30(20-33(44)45)26(5)36(53-41)27(6)35(47-10)28(7)38(46)48-11/h23-28,30-32,34-37H,13-22H2,1-12H3,(H,44,45)/t23-,24-,25+,26+,27-,28-,30-,31+,32+,34-,35+,36-,37+,39+,40+,41+,42-/m0/s1. The minimum absolute atomic E-state index is 0.00574. The maximum Gasteiger partial charge on any atom is 0.311 e. The van der Waals surface area contributed by atoms with Gasteiger partial charge in [0.25, 0.3) is 0 Å². The molecule has 0 unspecified atom stereocenters. The second-order valence-corrected chi connectivity index (χ2v) is 18.1. The van der Waals surface area contributed by atoms with E-state index in [1.165, 1.54) is 14.0 Å². The lowest BCUT2D eigenvalue weighted by atomic mass is 9.73. The van der Waals surface area contributed by atoms with Gasteiger partial charge in [0, 0.05) is 52.2 Å². The first-order valence-electron chi connectivity index (χ1n) is 20.7. The highest BCUT2D eigenvalue weighted by Gasteiger charge is 2.62. The molecule has 0 bridgehead atoms. The Labute approximate surface area is 328 Å². The molecule has 5 aliphatic heterocycles. The fourth-order valence-corrected chi connectivity index (χ4v) is 11.2. The van der Waals surface area contributed by atoms with Gasteiger partial charge in [0.15, 0.2) is 5.79 Å². The van der Waals surface area contributed by atoms with Crippen LogP contribution in [0.2, 0.25) is 0 Å². The number of methoxy groups -OCH3 is 3. The van der Waals surface area contributed by atoms with Crippen molar-refractivity contribution in [3.8, 4) is 0 Å². The molecule has 55 heavy (non-hydrogen) atoms. The molecule has 5 saturated heterocycles. The van der Waals surface area contributed by atoms with Crippen LogP contribution in [0.3, 0.4) is 0 Å². The quantitative estimate of drug-likeness (QED) is 0.196. The van der Waals surface area contributed by atoms with Gasteiger partial charge in [-0.25, -0.2) is 0 Å². The molecule has 13 heteroatoms. The number of carbonyl (C=O) groups is 3. The monoisotopic (exact) mass is 782 g/mol. The first-order chi connectivity index (χ1) is 25.8. The Morgan fingerprint density at radius 3 is 2.25 bits per heavy atom. The van der Waals surface area contributed by atoms with Crippen molar-refractivity contribution in [2.75, 3.05) is 27.9 Å². The predicted octanol–water partition coefficient (Wildman–Crippen LogP) is 6.32. The van der Waals surface area contributed by atoms with Crippen LogP contribution in [0.15, 0.2) is 0 Å². The summed E-state index contributed by atoms with van der Waals surface area (Å²) in [5.74, 6) is -4.32. The van der Waals surface area contributed by atoms with Crippen LogP contribution in [0.4, 0.5) is 0 Å². The number of hydrogen-bond donors (Lipinski definition) is 1. The second-order valence-electron chi connectivity index (χ2n) is 18.1. The minimum atomic E-state index is -1.04. The summed E-state index contributed by atoms with van der Waals surface area (Å²) in [6, 6.07) is 0. The fourth-order valence-electron chi connectivity index (χ4n) is 11.2. The topological polar surface area (TPSA) is 155 Å². The van der Waals surface area contributed by atoms with Gasteiger partial charge in [0.05, 0.1) is 60.9 Å². The second kappa shape index (κ2) is 17.2. The third-order valence-corrected chi connectivity index (χ3v) is 14.4. The lowest BCUT2D eigenvalue weighted by Gasteiger charge is -2.50. The number of esters is 2. The van der Waals surface area contributed by atoms with Gasteiger partial charge in [-0.05, 0) is 76.0 Å². The van der Waals surface area contributed by atoms with Crippen molar-refractivity contribution in [2.24, 2.45) is 41.4 Å². The zero-order valence-electron chi connectivity index (χ0n) is 35.4. The third-order valence-electron chi connectivity index (χ3n) is 14.4. The van der Waals surface area contributed by atoms with Crippen LogP contribution < -0.4 is 0 Å². The van der Waals surface area contributed by atoms with Crippen molar-refractivity contribution in [2.45, 2.75) is 180 Å². The van der Waals surface area contributed by atoms with Gasteiger partial charge in [-0.2, -0.15) is 0 Å². The van der Waals surface area contributed by atoms with Gasteiger partial charge in [0.2, 0.25) is 5.79 Å². The van der Waals surface area contributed by atoms with Crippen LogP contribution in [0.25, 0.3) is 0 Å². The van der Waals surface area contributed by atoms with Gasteiger partial charge in [-0.3, -0.25) is 14.4 Å². The van der Waals surface area contributed by atoms with E-state index in [0.717, 1.165) is 32.1 Å². The molecule has 1 N–H and O–H groups in total. The number of carboxylic acids is 1. The molecule has 13 nitrogen and oxygen atoms in total. The van der Waals surface area contributed by atoms with E-state index in [1.54, 1.807) is 21.1 Å². The van der Waals surface area contributed by atoms with Crippen molar-refractivity contribution < 1.29 is 62.1 Å². The number of carbonyl (C=O) groups excluding carboxylic acids is 2. The molecule has 0 aromatic rings. The van der Waals surface area contributed by atoms with Crippen molar-refractivity contribution in [1.82, 2.24) is 0 Å². The molecule has 1 spiro atoms. The molecule has 5 fully saturated rings. The first-order valence-corrected chi connectivity index (χ1v) is 20.7. The van der Waals surface area contributed by atoms with E-state index in [1.807, 2.05) is 13.8 Å². The van der Waals surface area contributed by atoms with Crippen molar-refractivity contribution >= 4 is 17.9 Å². The Hall–Kier alpha value is -1.87. The summed E-state index contributed by atoms with van der Waals surface area (Å²) in [4.78, 5) is 36.5. The minimum Gasteiger partial charge on any atom is -0.481 e. The van der Waals surface area contributed by atoms with Crippen LogP contribution >= 0.6 is 0 Å². The molecule has 5 rings (SSSR count). The highest BCUT2D eigenvalue weighted by molar-refractivity contribution is 5.72. The van der Waals surface area contributed by atoms with E-state index in [2.05, 4.69) is 34.6 Å². The number of aliphatic carboxylic acids is 1. The van der Waals surface area contributed by atoms with E-state index in [0.29, 0.717) is 19.3 Å². The van der Waals surface area contributed by atoms with Crippen LogP contribution in [0.5, 0.6) is 0 Å². The molecular formula is C42H70O13. The average molecular weight is 783 g/mol. The number of hydrogen-bond acceptors (Lipinski definition) is 12. The zero-order chi connectivity index (χ0) is 40.7.